The number of H-pyrrole nitrogens is 1. The standard InChI is InChI=1S/C17H23N5O2/c1-21-7-3-4-14(21)17(23)22-8-12(11-5-6-11)13(9-22)16-18-15(10-24-2)19-20-16/h3-4,7,11-13H,5-6,8-10H2,1-2H3,(H,18,19,20)/t12-,13+/m1/s1. The molecular weight excluding hydrogens is 306 g/mol. The van der Waals surface area contributed by atoms with Crippen molar-refractivity contribution in [1.29, 1.82) is 0 Å². The first kappa shape index (κ1) is 15.4. The second kappa shape index (κ2) is 6.05. The molecule has 2 atom stereocenters. The highest BCUT2D eigenvalue weighted by atomic mass is 16.5. The van der Waals surface area contributed by atoms with Gasteiger partial charge in [0.05, 0.1) is 0 Å². The minimum absolute atomic E-state index is 0.100. The van der Waals surface area contributed by atoms with Crippen LogP contribution in [0.15, 0.2) is 18.3 Å². The SMILES string of the molecule is COCc1nc([C@H]2CN(C(=O)c3cccn3C)C[C@@H]2C2CC2)n[nH]1. The van der Waals surface area contributed by atoms with Crippen molar-refractivity contribution in [2.45, 2.75) is 25.4 Å². The first-order valence-electron chi connectivity index (χ1n) is 8.48. The van der Waals surface area contributed by atoms with Gasteiger partial charge in [0.25, 0.3) is 5.91 Å². The smallest absolute Gasteiger partial charge is 0.270 e. The molecule has 0 radical (unpaired) electrons. The van der Waals surface area contributed by atoms with E-state index in [1.54, 1.807) is 7.11 Å². The fourth-order valence-corrected chi connectivity index (χ4v) is 3.79. The second-order valence-electron chi connectivity index (χ2n) is 6.90. The van der Waals surface area contributed by atoms with Crippen molar-refractivity contribution >= 4 is 5.91 Å². The predicted octanol–water partition coefficient (Wildman–Crippen LogP) is 1.56. The molecule has 1 amide bonds. The number of ether oxygens (including phenoxy) is 1. The molecule has 0 aromatic carbocycles. The number of methoxy groups -OCH3 is 1. The van der Waals surface area contributed by atoms with Crippen LogP contribution in [0.2, 0.25) is 0 Å². The van der Waals surface area contributed by atoms with Gasteiger partial charge in [-0.15, -0.1) is 0 Å². The van der Waals surface area contributed by atoms with E-state index >= 15 is 0 Å². The van der Waals surface area contributed by atoms with Crippen LogP contribution >= 0.6 is 0 Å². The summed E-state index contributed by atoms with van der Waals surface area (Å²) in [5, 5.41) is 7.34. The Morgan fingerprint density at radius 1 is 1.42 bits per heavy atom. The number of aryl methyl sites for hydroxylation is 1. The summed E-state index contributed by atoms with van der Waals surface area (Å²) >= 11 is 0. The number of carbonyl (C=O) groups excluding carboxylic acids is 1. The van der Waals surface area contributed by atoms with Crippen LogP contribution in [0.4, 0.5) is 0 Å². The van der Waals surface area contributed by atoms with Crippen LogP contribution < -0.4 is 0 Å². The molecule has 0 bridgehead atoms. The van der Waals surface area contributed by atoms with E-state index in [0.717, 1.165) is 23.9 Å². The summed E-state index contributed by atoms with van der Waals surface area (Å²) < 4.78 is 6.99. The highest BCUT2D eigenvalue weighted by Gasteiger charge is 2.46. The number of hydrogen-bond acceptors (Lipinski definition) is 4. The first-order chi connectivity index (χ1) is 11.7. The molecule has 7 nitrogen and oxygen atoms in total. The lowest BCUT2D eigenvalue weighted by Crippen LogP contribution is -2.30. The molecule has 1 aliphatic heterocycles. The lowest BCUT2D eigenvalue weighted by atomic mass is 9.91. The number of nitrogens with one attached hydrogen (secondary N) is 1. The molecule has 0 unspecified atom stereocenters. The summed E-state index contributed by atoms with van der Waals surface area (Å²) in [5.74, 6) is 3.04. The Labute approximate surface area is 141 Å². The lowest BCUT2D eigenvalue weighted by molar-refractivity contribution is 0.0775. The zero-order chi connectivity index (χ0) is 16.7. The third-order valence-corrected chi connectivity index (χ3v) is 5.20. The highest BCUT2D eigenvalue weighted by molar-refractivity contribution is 5.93. The molecule has 2 aromatic rings. The molecule has 1 aliphatic carbocycles. The number of rotatable bonds is 5. The number of nitrogens with zero attached hydrogens (tertiary/aromatic N) is 4. The monoisotopic (exact) mass is 329 g/mol. The van der Waals surface area contributed by atoms with Gasteiger partial charge in [-0.2, -0.15) is 5.10 Å². The maximum atomic E-state index is 12.8. The zero-order valence-corrected chi connectivity index (χ0v) is 14.1. The van der Waals surface area contributed by atoms with Crippen molar-refractivity contribution in [2.75, 3.05) is 20.2 Å². The van der Waals surface area contributed by atoms with E-state index in [1.807, 2.05) is 34.8 Å². The van der Waals surface area contributed by atoms with Crippen molar-refractivity contribution in [3.05, 3.63) is 35.7 Å². The van der Waals surface area contributed by atoms with Gasteiger partial charge in [-0.25, -0.2) is 4.98 Å². The third-order valence-electron chi connectivity index (χ3n) is 5.20. The van der Waals surface area contributed by atoms with Gasteiger partial charge in [-0.3, -0.25) is 9.89 Å². The van der Waals surface area contributed by atoms with Crippen LogP contribution in [-0.4, -0.2) is 50.8 Å². The van der Waals surface area contributed by atoms with E-state index in [2.05, 4.69) is 15.2 Å². The average Bonchev–Trinajstić information content (AvgIpc) is 2.99. The van der Waals surface area contributed by atoms with Gasteiger partial charge in [0.2, 0.25) is 0 Å². The van der Waals surface area contributed by atoms with Crippen molar-refractivity contribution < 1.29 is 9.53 Å². The molecule has 7 heteroatoms. The van der Waals surface area contributed by atoms with E-state index in [1.165, 1.54) is 12.8 Å². The molecule has 24 heavy (non-hydrogen) atoms. The summed E-state index contributed by atoms with van der Waals surface area (Å²) in [6.45, 7) is 1.92. The van der Waals surface area contributed by atoms with Crippen molar-refractivity contribution in [3.63, 3.8) is 0 Å². The Balaban J connectivity index is 1.55. The molecule has 2 fully saturated rings. The Kier molecular flexibility index (Phi) is 3.88. The molecule has 3 heterocycles. The number of amides is 1. The number of likely N-dealkylation sites (tertiary alicyclic amines) is 1. The molecule has 2 aromatic heterocycles. The van der Waals surface area contributed by atoms with Crippen LogP contribution in [0.1, 0.15) is 40.9 Å². The number of hydrogen-bond donors (Lipinski definition) is 1. The van der Waals surface area contributed by atoms with Crippen molar-refractivity contribution in [3.8, 4) is 0 Å². The summed E-state index contributed by atoms with van der Waals surface area (Å²) in [4.78, 5) is 19.4. The molecule has 1 N–H and O–H groups in total. The Bertz CT molecular complexity index is 733. The normalized spacial score (nSPS) is 23.8. The topological polar surface area (TPSA) is 76.0 Å². The van der Waals surface area contributed by atoms with Crippen LogP contribution in [0, 0.1) is 11.8 Å². The number of aromatic nitrogens is 4. The predicted molar refractivity (Wildman–Crippen MR) is 87.4 cm³/mol. The van der Waals surface area contributed by atoms with Crippen molar-refractivity contribution in [2.24, 2.45) is 18.9 Å². The summed E-state index contributed by atoms with van der Waals surface area (Å²) in [6, 6.07) is 3.79. The molecule has 128 valence electrons. The van der Waals surface area contributed by atoms with Gasteiger partial charge >= 0.3 is 0 Å². The van der Waals surface area contributed by atoms with Gasteiger partial charge in [-0.05, 0) is 36.8 Å². The minimum atomic E-state index is 0.100. The van der Waals surface area contributed by atoms with Crippen LogP contribution in [0.5, 0.6) is 0 Å². The maximum absolute atomic E-state index is 12.8. The van der Waals surface area contributed by atoms with Crippen LogP contribution in [-0.2, 0) is 18.4 Å². The van der Waals surface area contributed by atoms with E-state index in [4.69, 9.17) is 4.74 Å². The average molecular weight is 329 g/mol. The van der Waals surface area contributed by atoms with E-state index in [9.17, 15) is 4.79 Å². The van der Waals surface area contributed by atoms with E-state index in [0.29, 0.717) is 25.0 Å². The lowest BCUT2D eigenvalue weighted by Gasteiger charge is -2.16. The third kappa shape index (κ3) is 2.73. The Morgan fingerprint density at radius 3 is 2.92 bits per heavy atom. The molecular formula is C17H23N5O2. The number of aromatic amines is 1. The van der Waals surface area contributed by atoms with Crippen LogP contribution in [0.3, 0.4) is 0 Å². The minimum Gasteiger partial charge on any atom is -0.377 e. The van der Waals surface area contributed by atoms with Gasteiger partial charge in [0.1, 0.15) is 12.3 Å². The summed E-state index contributed by atoms with van der Waals surface area (Å²) in [6.07, 6.45) is 4.41. The van der Waals surface area contributed by atoms with Crippen LogP contribution in [0.25, 0.3) is 0 Å². The largest absolute Gasteiger partial charge is 0.377 e. The van der Waals surface area contributed by atoms with Crippen molar-refractivity contribution in [1.82, 2.24) is 24.6 Å². The van der Waals surface area contributed by atoms with Gasteiger partial charge in [-0.1, -0.05) is 0 Å². The van der Waals surface area contributed by atoms with Gasteiger partial charge in [0, 0.05) is 39.4 Å². The quantitative estimate of drug-likeness (QED) is 0.903. The summed E-state index contributed by atoms with van der Waals surface area (Å²) in [7, 11) is 3.55. The van der Waals surface area contributed by atoms with E-state index < -0.39 is 0 Å². The van der Waals surface area contributed by atoms with E-state index in [-0.39, 0.29) is 11.8 Å². The fourth-order valence-electron chi connectivity index (χ4n) is 3.79. The summed E-state index contributed by atoms with van der Waals surface area (Å²) in [5.41, 5.74) is 0.736. The van der Waals surface area contributed by atoms with Gasteiger partial charge in [0.15, 0.2) is 11.6 Å². The number of carbonyl (C=O) groups is 1. The fraction of sp³-hybridized carbons (Fsp3) is 0.588. The molecule has 2 aliphatic rings. The first-order valence-corrected chi connectivity index (χ1v) is 8.48. The highest BCUT2D eigenvalue weighted by Crippen LogP contribution is 2.47. The molecule has 0 spiro atoms. The molecule has 4 rings (SSSR count). The molecule has 1 saturated carbocycles. The maximum Gasteiger partial charge on any atom is 0.270 e. The Morgan fingerprint density at radius 2 is 2.25 bits per heavy atom. The second-order valence-corrected chi connectivity index (χ2v) is 6.90. The zero-order valence-electron chi connectivity index (χ0n) is 14.1. The van der Waals surface area contributed by atoms with Gasteiger partial charge < -0.3 is 14.2 Å². The Hall–Kier alpha value is -2.15. The molecule has 1 saturated heterocycles.